The van der Waals surface area contributed by atoms with Crippen molar-refractivity contribution in [3.05, 3.63) is 0 Å². The van der Waals surface area contributed by atoms with Crippen LogP contribution in [-0.2, 0) is 9.88 Å². The van der Waals surface area contributed by atoms with Gasteiger partial charge in [0.05, 0.1) is 6.61 Å². The number of nitrogens with two attached hydrogens (primary N) is 1. The minimum atomic E-state index is 0.614. The third-order valence-corrected chi connectivity index (χ3v) is 1.65. The van der Waals surface area contributed by atoms with Gasteiger partial charge in [0.2, 0.25) is 0 Å². The molecule has 11 heavy (non-hydrogen) atoms. The average Bonchev–Trinajstić information content (AvgIpc) is 2.03. The van der Waals surface area contributed by atoms with Gasteiger partial charge in [-0.3, -0.25) is 0 Å². The Morgan fingerprint density at radius 2 is 1.64 bits per heavy atom. The summed E-state index contributed by atoms with van der Waals surface area (Å²) in [6.07, 6.45) is 7.52. The summed E-state index contributed by atoms with van der Waals surface area (Å²) in [7, 11) is 0. The predicted molar refractivity (Wildman–Crippen MR) is 44.6 cm³/mol. The zero-order chi connectivity index (χ0) is 8.36. The van der Waals surface area contributed by atoms with Crippen molar-refractivity contribution in [2.45, 2.75) is 45.4 Å². The molecule has 0 aliphatic carbocycles. The van der Waals surface area contributed by atoms with Crippen molar-refractivity contribution in [3.63, 3.8) is 0 Å². The molecule has 2 N–H and O–H groups in total. The standard InChI is InChI=1S/C8H19NO2/c1-2-3-4-5-6-7-8-10-11-9/h2-9H2,1H3. The van der Waals surface area contributed by atoms with E-state index in [0.717, 1.165) is 6.42 Å². The average molecular weight is 161 g/mol. The summed E-state index contributed by atoms with van der Waals surface area (Å²) in [5.74, 6) is 4.67. The minimum absolute atomic E-state index is 0.614. The van der Waals surface area contributed by atoms with Crippen molar-refractivity contribution in [2.75, 3.05) is 6.61 Å². The van der Waals surface area contributed by atoms with E-state index in [2.05, 4.69) is 22.7 Å². The molecule has 0 rings (SSSR count). The van der Waals surface area contributed by atoms with Gasteiger partial charge < -0.3 is 0 Å². The zero-order valence-electron chi connectivity index (χ0n) is 7.34. The fourth-order valence-corrected chi connectivity index (χ4v) is 0.989. The molecule has 3 heteroatoms. The molecule has 0 radical (unpaired) electrons. The highest BCUT2D eigenvalue weighted by Gasteiger charge is 1.89. The number of hydrogen-bond donors (Lipinski definition) is 1. The Labute approximate surface area is 68.7 Å². The van der Waals surface area contributed by atoms with Gasteiger partial charge in [-0.1, -0.05) is 39.0 Å². The van der Waals surface area contributed by atoms with E-state index in [0.29, 0.717) is 6.61 Å². The molecular weight excluding hydrogens is 142 g/mol. The van der Waals surface area contributed by atoms with Gasteiger partial charge in [0, 0.05) is 0 Å². The van der Waals surface area contributed by atoms with Gasteiger partial charge in [-0.05, 0) is 6.42 Å². The molecule has 68 valence electrons. The zero-order valence-corrected chi connectivity index (χ0v) is 7.34. The maximum absolute atomic E-state index is 4.67. The van der Waals surface area contributed by atoms with Crippen LogP contribution in [0.1, 0.15) is 45.4 Å². The second kappa shape index (κ2) is 9.88. The van der Waals surface area contributed by atoms with Crippen molar-refractivity contribution in [1.29, 1.82) is 0 Å². The van der Waals surface area contributed by atoms with Crippen molar-refractivity contribution in [1.82, 2.24) is 0 Å². The van der Waals surface area contributed by atoms with Gasteiger partial charge >= 0.3 is 0 Å². The third-order valence-electron chi connectivity index (χ3n) is 1.65. The van der Waals surface area contributed by atoms with Crippen LogP contribution in [-0.4, -0.2) is 6.61 Å². The van der Waals surface area contributed by atoms with Gasteiger partial charge in [-0.2, -0.15) is 5.90 Å². The molecule has 0 aromatic rings. The largest absolute Gasteiger partial charge is 0.218 e. The van der Waals surface area contributed by atoms with Crippen LogP contribution in [0.15, 0.2) is 0 Å². The SMILES string of the molecule is CCCCCCCCOON. The molecule has 0 amide bonds. The summed E-state index contributed by atoms with van der Waals surface area (Å²) in [5.41, 5.74) is 0. The van der Waals surface area contributed by atoms with Gasteiger partial charge in [-0.25, -0.2) is 4.89 Å². The lowest BCUT2D eigenvalue weighted by Gasteiger charge is -1.99. The monoisotopic (exact) mass is 161 g/mol. The molecule has 0 spiro atoms. The first-order valence-corrected chi connectivity index (χ1v) is 4.40. The van der Waals surface area contributed by atoms with Crippen LogP contribution in [0.4, 0.5) is 0 Å². The summed E-state index contributed by atoms with van der Waals surface area (Å²) in [6, 6.07) is 0. The van der Waals surface area contributed by atoms with E-state index < -0.39 is 0 Å². The fraction of sp³-hybridized carbons (Fsp3) is 1.00. The summed E-state index contributed by atoms with van der Waals surface area (Å²) in [6.45, 7) is 2.83. The van der Waals surface area contributed by atoms with Gasteiger partial charge in [0.1, 0.15) is 0 Å². The van der Waals surface area contributed by atoms with E-state index in [9.17, 15) is 0 Å². The molecule has 0 aromatic heterocycles. The number of unbranched alkanes of at least 4 members (excludes halogenated alkanes) is 5. The van der Waals surface area contributed by atoms with E-state index in [-0.39, 0.29) is 0 Å². The van der Waals surface area contributed by atoms with Crippen molar-refractivity contribution in [2.24, 2.45) is 5.90 Å². The number of hydrogen-bond acceptors (Lipinski definition) is 3. The summed E-state index contributed by atoms with van der Waals surface area (Å²) >= 11 is 0. The summed E-state index contributed by atoms with van der Waals surface area (Å²) < 4.78 is 0. The Bertz CT molecular complexity index is 61.1. The number of rotatable bonds is 8. The molecule has 0 bridgehead atoms. The maximum Gasteiger partial charge on any atom is 0.0842 e. The van der Waals surface area contributed by atoms with E-state index in [4.69, 9.17) is 0 Å². The predicted octanol–water partition coefficient (Wildman–Crippen LogP) is 2.17. The van der Waals surface area contributed by atoms with Crippen LogP contribution in [0.5, 0.6) is 0 Å². The smallest absolute Gasteiger partial charge is 0.0842 e. The van der Waals surface area contributed by atoms with Crippen LogP contribution < -0.4 is 5.90 Å². The molecule has 0 saturated carbocycles. The van der Waals surface area contributed by atoms with Crippen LogP contribution >= 0.6 is 0 Å². The summed E-state index contributed by atoms with van der Waals surface area (Å²) in [5, 5.41) is 0. The van der Waals surface area contributed by atoms with Crippen molar-refractivity contribution in [3.8, 4) is 0 Å². The quantitative estimate of drug-likeness (QED) is 0.337. The van der Waals surface area contributed by atoms with Crippen LogP contribution in [0.25, 0.3) is 0 Å². The van der Waals surface area contributed by atoms with Crippen molar-refractivity contribution < 1.29 is 9.88 Å². The molecule has 3 nitrogen and oxygen atoms in total. The molecule has 0 fully saturated rings. The van der Waals surface area contributed by atoms with E-state index >= 15 is 0 Å². The topological polar surface area (TPSA) is 44.5 Å². The van der Waals surface area contributed by atoms with Gasteiger partial charge in [0.25, 0.3) is 0 Å². The van der Waals surface area contributed by atoms with Crippen LogP contribution in [0, 0.1) is 0 Å². The molecule has 0 unspecified atom stereocenters. The van der Waals surface area contributed by atoms with Gasteiger partial charge in [-0.15, -0.1) is 4.99 Å². The first-order valence-electron chi connectivity index (χ1n) is 4.40. The molecular formula is C8H19NO2. The highest BCUT2D eigenvalue weighted by molar-refractivity contribution is 4.41. The molecule has 0 saturated heterocycles. The first kappa shape index (κ1) is 10.9. The lowest BCUT2D eigenvalue weighted by atomic mass is 10.1. The Hall–Kier alpha value is -0.120. The molecule has 0 aliphatic heterocycles. The van der Waals surface area contributed by atoms with E-state index in [1.165, 1.54) is 32.1 Å². The Morgan fingerprint density at radius 1 is 1.00 bits per heavy atom. The fourth-order valence-electron chi connectivity index (χ4n) is 0.989. The summed E-state index contributed by atoms with van der Waals surface area (Å²) in [4.78, 5) is 8.49. The lowest BCUT2D eigenvalue weighted by molar-refractivity contribution is -0.299. The van der Waals surface area contributed by atoms with E-state index in [1.807, 2.05) is 0 Å². The normalized spacial score (nSPS) is 10.4. The minimum Gasteiger partial charge on any atom is -0.218 e. The lowest BCUT2D eigenvalue weighted by Crippen LogP contribution is -2.01. The van der Waals surface area contributed by atoms with Crippen molar-refractivity contribution >= 4 is 0 Å². The maximum atomic E-state index is 4.67. The van der Waals surface area contributed by atoms with Gasteiger partial charge in [0.15, 0.2) is 0 Å². The Balaban J connectivity index is 2.69. The first-order chi connectivity index (χ1) is 5.41. The third kappa shape index (κ3) is 9.88. The Morgan fingerprint density at radius 3 is 2.27 bits per heavy atom. The van der Waals surface area contributed by atoms with Crippen LogP contribution in [0.2, 0.25) is 0 Å². The Kier molecular flexibility index (Phi) is 9.77. The molecule has 0 atom stereocenters. The molecule has 0 aliphatic rings. The molecule has 0 heterocycles. The van der Waals surface area contributed by atoms with E-state index in [1.54, 1.807) is 0 Å². The second-order valence-corrected chi connectivity index (χ2v) is 2.69. The van der Waals surface area contributed by atoms with Crippen LogP contribution in [0.3, 0.4) is 0 Å². The molecule has 0 aromatic carbocycles. The second-order valence-electron chi connectivity index (χ2n) is 2.69. The highest BCUT2D eigenvalue weighted by Crippen LogP contribution is 2.04. The highest BCUT2D eigenvalue weighted by atomic mass is 17.3.